The maximum absolute atomic E-state index is 13.0. The van der Waals surface area contributed by atoms with Crippen LogP contribution in [0.3, 0.4) is 0 Å². The minimum atomic E-state index is -0.164. The number of benzene rings is 1. The Morgan fingerprint density at radius 1 is 1.15 bits per heavy atom. The molecule has 0 aliphatic carbocycles. The van der Waals surface area contributed by atoms with Gasteiger partial charge in [0.15, 0.2) is 0 Å². The van der Waals surface area contributed by atoms with Crippen molar-refractivity contribution in [3.05, 3.63) is 35.6 Å². The first kappa shape index (κ1) is 15.4. The molecule has 0 saturated carbocycles. The van der Waals surface area contributed by atoms with Gasteiger partial charge in [0.05, 0.1) is 0 Å². The first-order chi connectivity index (χ1) is 9.69. The zero-order chi connectivity index (χ0) is 14.4. The van der Waals surface area contributed by atoms with E-state index in [-0.39, 0.29) is 5.82 Å². The summed E-state index contributed by atoms with van der Waals surface area (Å²) < 4.78 is 13.0. The number of nitrogens with one attached hydrogen (secondary N) is 1. The molecule has 1 N–H and O–H groups in total. The molecule has 4 heteroatoms. The molecular formula is C16H26FN3. The summed E-state index contributed by atoms with van der Waals surface area (Å²) in [5, 5.41) is 3.51. The predicted molar refractivity (Wildman–Crippen MR) is 81.4 cm³/mol. The lowest BCUT2D eigenvalue weighted by atomic mass is 10.0. The average Bonchev–Trinajstić information content (AvgIpc) is 2.46. The number of hydrogen-bond donors (Lipinski definition) is 1. The molecule has 0 radical (unpaired) electrons. The summed E-state index contributed by atoms with van der Waals surface area (Å²) in [6, 6.07) is 7.21. The summed E-state index contributed by atoms with van der Waals surface area (Å²) in [5.74, 6) is -0.164. The molecule has 1 aromatic rings. The van der Waals surface area contributed by atoms with Gasteiger partial charge in [-0.15, -0.1) is 0 Å². The quantitative estimate of drug-likeness (QED) is 0.860. The Balaban J connectivity index is 1.87. The third-order valence-electron chi connectivity index (χ3n) is 4.05. The van der Waals surface area contributed by atoms with Crippen molar-refractivity contribution in [3.63, 3.8) is 0 Å². The number of nitrogens with zero attached hydrogens (tertiary/aromatic N) is 2. The molecule has 1 unspecified atom stereocenters. The van der Waals surface area contributed by atoms with Crippen LogP contribution < -0.4 is 5.32 Å². The van der Waals surface area contributed by atoms with Crippen LogP contribution in [0.25, 0.3) is 0 Å². The van der Waals surface area contributed by atoms with Gasteiger partial charge < -0.3 is 15.1 Å². The van der Waals surface area contributed by atoms with Gasteiger partial charge in [-0.2, -0.15) is 0 Å². The minimum Gasteiger partial charge on any atom is -0.310 e. The molecule has 112 valence electrons. The van der Waals surface area contributed by atoms with Crippen molar-refractivity contribution in [1.82, 2.24) is 15.1 Å². The van der Waals surface area contributed by atoms with Crippen LogP contribution >= 0.6 is 0 Å². The molecule has 1 fully saturated rings. The lowest BCUT2D eigenvalue weighted by Crippen LogP contribution is -2.45. The van der Waals surface area contributed by atoms with E-state index in [0.717, 1.165) is 45.7 Å². The molecule has 20 heavy (non-hydrogen) atoms. The van der Waals surface area contributed by atoms with Crippen LogP contribution in [-0.2, 0) is 0 Å². The van der Waals surface area contributed by atoms with Crippen LogP contribution in [0.2, 0.25) is 0 Å². The largest absolute Gasteiger partial charge is 0.310 e. The van der Waals surface area contributed by atoms with Crippen molar-refractivity contribution in [2.75, 3.05) is 46.3 Å². The van der Waals surface area contributed by atoms with Crippen molar-refractivity contribution in [2.45, 2.75) is 19.4 Å². The van der Waals surface area contributed by atoms with Crippen molar-refractivity contribution >= 4 is 0 Å². The maximum atomic E-state index is 13.0. The fourth-order valence-corrected chi connectivity index (χ4v) is 2.71. The molecule has 1 heterocycles. The standard InChI is InChI=1S/C16H26FN3/c1-3-18-16(14-4-6-15(17)7-5-14)8-9-20-12-10-19(2)11-13-20/h4-7,16,18H,3,8-13H2,1-2H3. The van der Waals surface area contributed by atoms with Crippen LogP contribution in [0, 0.1) is 5.82 Å². The highest BCUT2D eigenvalue weighted by Gasteiger charge is 2.16. The Morgan fingerprint density at radius 2 is 1.80 bits per heavy atom. The zero-order valence-corrected chi connectivity index (χ0v) is 12.6. The van der Waals surface area contributed by atoms with Crippen molar-refractivity contribution in [1.29, 1.82) is 0 Å². The Hall–Kier alpha value is -0.970. The zero-order valence-electron chi connectivity index (χ0n) is 12.6. The second-order valence-electron chi connectivity index (χ2n) is 5.60. The monoisotopic (exact) mass is 279 g/mol. The summed E-state index contributed by atoms with van der Waals surface area (Å²) >= 11 is 0. The topological polar surface area (TPSA) is 18.5 Å². The first-order valence-electron chi connectivity index (χ1n) is 7.58. The van der Waals surface area contributed by atoms with Gasteiger partial charge in [-0.1, -0.05) is 19.1 Å². The molecule has 1 saturated heterocycles. The van der Waals surface area contributed by atoms with Gasteiger partial charge in [-0.05, 0) is 37.7 Å². The number of hydrogen-bond acceptors (Lipinski definition) is 3. The van der Waals surface area contributed by atoms with Crippen LogP contribution in [0.15, 0.2) is 24.3 Å². The third kappa shape index (κ3) is 4.54. The highest BCUT2D eigenvalue weighted by Crippen LogP contribution is 2.18. The van der Waals surface area contributed by atoms with Crippen LogP contribution in [0.5, 0.6) is 0 Å². The average molecular weight is 279 g/mol. The van der Waals surface area contributed by atoms with Gasteiger partial charge in [-0.3, -0.25) is 0 Å². The lowest BCUT2D eigenvalue weighted by molar-refractivity contribution is 0.149. The molecule has 0 bridgehead atoms. The van der Waals surface area contributed by atoms with Crippen LogP contribution in [0.1, 0.15) is 24.9 Å². The highest BCUT2D eigenvalue weighted by atomic mass is 19.1. The normalized spacial score (nSPS) is 19.1. The molecule has 1 atom stereocenters. The molecule has 1 aliphatic rings. The van der Waals surface area contributed by atoms with Crippen LogP contribution in [0.4, 0.5) is 4.39 Å². The maximum Gasteiger partial charge on any atom is 0.123 e. The van der Waals surface area contributed by atoms with E-state index in [1.54, 1.807) is 12.1 Å². The molecular weight excluding hydrogens is 253 g/mol. The second-order valence-corrected chi connectivity index (χ2v) is 5.60. The molecule has 3 nitrogen and oxygen atoms in total. The van der Waals surface area contributed by atoms with Crippen LogP contribution in [-0.4, -0.2) is 56.1 Å². The fourth-order valence-electron chi connectivity index (χ4n) is 2.71. The van der Waals surface area contributed by atoms with Gasteiger partial charge in [-0.25, -0.2) is 4.39 Å². The Bertz CT molecular complexity index is 385. The molecule has 0 aromatic heterocycles. The first-order valence-corrected chi connectivity index (χ1v) is 7.58. The Kier molecular flexibility index (Phi) is 5.95. The number of piperazine rings is 1. The fraction of sp³-hybridized carbons (Fsp3) is 0.625. The minimum absolute atomic E-state index is 0.164. The van der Waals surface area contributed by atoms with E-state index in [9.17, 15) is 4.39 Å². The summed E-state index contributed by atoms with van der Waals surface area (Å²) in [6.07, 6.45) is 1.07. The molecule has 2 rings (SSSR count). The van der Waals surface area contributed by atoms with Gasteiger partial charge in [0.1, 0.15) is 5.82 Å². The summed E-state index contributed by atoms with van der Waals surface area (Å²) in [6.45, 7) is 8.77. The molecule has 1 aliphatic heterocycles. The van der Waals surface area contributed by atoms with Crippen molar-refractivity contribution in [3.8, 4) is 0 Å². The molecule has 0 amide bonds. The number of rotatable bonds is 6. The van der Waals surface area contributed by atoms with E-state index in [1.807, 2.05) is 12.1 Å². The van der Waals surface area contributed by atoms with E-state index >= 15 is 0 Å². The van der Waals surface area contributed by atoms with Gasteiger partial charge in [0.25, 0.3) is 0 Å². The molecule has 1 aromatic carbocycles. The number of likely N-dealkylation sites (N-methyl/N-ethyl adjacent to an activating group) is 1. The lowest BCUT2D eigenvalue weighted by Gasteiger charge is -2.33. The van der Waals surface area contributed by atoms with Gasteiger partial charge in [0.2, 0.25) is 0 Å². The molecule has 0 spiro atoms. The predicted octanol–water partition coefficient (Wildman–Crippen LogP) is 2.11. The van der Waals surface area contributed by atoms with E-state index < -0.39 is 0 Å². The Morgan fingerprint density at radius 3 is 2.40 bits per heavy atom. The van der Waals surface area contributed by atoms with Gasteiger partial charge in [0, 0.05) is 38.8 Å². The SMILES string of the molecule is CCNC(CCN1CCN(C)CC1)c1ccc(F)cc1. The van der Waals surface area contributed by atoms with E-state index in [2.05, 4.69) is 29.1 Å². The second kappa shape index (κ2) is 7.72. The van der Waals surface area contributed by atoms with E-state index in [0.29, 0.717) is 6.04 Å². The van der Waals surface area contributed by atoms with Gasteiger partial charge >= 0.3 is 0 Å². The van der Waals surface area contributed by atoms with E-state index in [4.69, 9.17) is 0 Å². The summed E-state index contributed by atoms with van der Waals surface area (Å²) in [7, 11) is 2.18. The summed E-state index contributed by atoms with van der Waals surface area (Å²) in [5.41, 5.74) is 1.18. The smallest absolute Gasteiger partial charge is 0.123 e. The van der Waals surface area contributed by atoms with E-state index in [1.165, 1.54) is 5.56 Å². The van der Waals surface area contributed by atoms with Crippen molar-refractivity contribution in [2.24, 2.45) is 0 Å². The highest BCUT2D eigenvalue weighted by molar-refractivity contribution is 5.19. The summed E-state index contributed by atoms with van der Waals surface area (Å²) in [4.78, 5) is 4.89. The Labute approximate surface area is 121 Å². The van der Waals surface area contributed by atoms with Crippen molar-refractivity contribution < 1.29 is 4.39 Å². The number of halogens is 1. The third-order valence-corrected chi connectivity index (χ3v) is 4.05.